The van der Waals surface area contributed by atoms with E-state index in [1.54, 1.807) is 7.05 Å². The summed E-state index contributed by atoms with van der Waals surface area (Å²) in [5.41, 5.74) is 2.06. The van der Waals surface area contributed by atoms with Crippen LogP contribution in [0.4, 0.5) is 0 Å². The smallest absolute Gasteiger partial charge is 0.0522 e. The van der Waals surface area contributed by atoms with Crippen molar-refractivity contribution in [2.24, 2.45) is 4.99 Å². The number of rotatable bonds is 5. The van der Waals surface area contributed by atoms with Crippen LogP contribution >= 0.6 is 0 Å². The maximum Gasteiger partial charge on any atom is 0.0522 e. The summed E-state index contributed by atoms with van der Waals surface area (Å²) in [6, 6.07) is 0. The lowest BCUT2D eigenvalue weighted by atomic mass is 10.3. The van der Waals surface area contributed by atoms with Crippen molar-refractivity contribution in [1.29, 1.82) is 0 Å². The molecule has 0 atom stereocenters. The van der Waals surface area contributed by atoms with Gasteiger partial charge in [-0.05, 0) is 12.8 Å². The summed E-state index contributed by atoms with van der Waals surface area (Å²) in [5.74, 6) is 0. The molecule has 2 heteroatoms. The van der Waals surface area contributed by atoms with E-state index >= 15 is 0 Å². The van der Waals surface area contributed by atoms with Crippen LogP contribution < -0.4 is 5.32 Å². The van der Waals surface area contributed by atoms with Crippen molar-refractivity contribution in [3.63, 3.8) is 0 Å². The molecule has 0 bridgehead atoms. The van der Waals surface area contributed by atoms with E-state index in [0.717, 1.165) is 24.2 Å². The molecule has 0 aromatic rings. The Bertz CT molecular complexity index is 190. The highest BCUT2D eigenvalue weighted by molar-refractivity contribution is 5.77. The Kier molecular flexibility index (Phi) is 6.07. The minimum atomic E-state index is 0.943. The Labute approximate surface area is 75.1 Å². The molecule has 0 aromatic carbocycles. The maximum atomic E-state index is 3.95. The van der Waals surface area contributed by atoms with Gasteiger partial charge in [0.1, 0.15) is 0 Å². The zero-order valence-corrected chi connectivity index (χ0v) is 8.22. The molecule has 0 radical (unpaired) electrons. The summed E-state index contributed by atoms with van der Waals surface area (Å²) in [6.45, 7) is 8.03. The Morgan fingerprint density at radius 3 is 2.58 bits per heavy atom. The summed E-state index contributed by atoms with van der Waals surface area (Å²) < 4.78 is 0. The predicted molar refractivity (Wildman–Crippen MR) is 55.4 cm³/mol. The van der Waals surface area contributed by atoms with Gasteiger partial charge in [-0.2, -0.15) is 0 Å². The van der Waals surface area contributed by atoms with Gasteiger partial charge < -0.3 is 5.32 Å². The zero-order valence-electron chi connectivity index (χ0n) is 8.22. The third kappa shape index (κ3) is 4.72. The zero-order chi connectivity index (χ0) is 9.40. The van der Waals surface area contributed by atoms with Crippen molar-refractivity contribution in [3.05, 3.63) is 24.0 Å². The second-order valence-corrected chi connectivity index (χ2v) is 2.54. The maximum absolute atomic E-state index is 3.95. The quantitative estimate of drug-likeness (QED) is 0.623. The Morgan fingerprint density at radius 1 is 1.50 bits per heavy atom. The molecule has 0 heterocycles. The molecule has 0 saturated heterocycles. The summed E-state index contributed by atoms with van der Waals surface area (Å²) in [7, 11) is 1.76. The molecule has 0 saturated carbocycles. The molecule has 2 nitrogen and oxygen atoms in total. The lowest BCUT2D eigenvalue weighted by Crippen LogP contribution is -2.12. The van der Waals surface area contributed by atoms with Gasteiger partial charge in [0.15, 0.2) is 0 Å². The van der Waals surface area contributed by atoms with E-state index in [0.29, 0.717) is 0 Å². The third-order valence-electron chi connectivity index (χ3n) is 1.44. The first-order valence-electron chi connectivity index (χ1n) is 4.31. The fourth-order valence-electron chi connectivity index (χ4n) is 0.788. The topological polar surface area (TPSA) is 24.4 Å². The first-order chi connectivity index (χ1) is 5.74. The van der Waals surface area contributed by atoms with Crippen LogP contribution in [0.2, 0.25) is 0 Å². The highest BCUT2D eigenvalue weighted by Crippen LogP contribution is 1.96. The molecular weight excluding hydrogens is 148 g/mol. The van der Waals surface area contributed by atoms with Crippen LogP contribution in [-0.2, 0) is 0 Å². The van der Waals surface area contributed by atoms with Crippen LogP contribution in [0.3, 0.4) is 0 Å². The molecule has 0 spiro atoms. The number of nitrogens with zero attached hydrogens (tertiary/aromatic N) is 1. The van der Waals surface area contributed by atoms with Gasteiger partial charge in [-0.3, -0.25) is 4.99 Å². The molecule has 0 aliphatic carbocycles. The van der Waals surface area contributed by atoms with Crippen LogP contribution in [0.5, 0.6) is 0 Å². The molecule has 12 heavy (non-hydrogen) atoms. The van der Waals surface area contributed by atoms with E-state index < -0.39 is 0 Å². The molecule has 0 amide bonds. The highest BCUT2D eigenvalue weighted by atomic mass is 14.9. The van der Waals surface area contributed by atoms with E-state index in [-0.39, 0.29) is 0 Å². The molecule has 0 aromatic heterocycles. The molecule has 0 fully saturated rings. The fourth-order valence-corrected chi connectivity index (χ4v) is 0.788. The summed E-state index contributed by atoms with van der Waals surface area (Å²) >= 11 is 0. The van der Waals surface area contributed by atoms with E-state index in [2.05, 4.69) is 36.8 Å². The third-order valence-corrected chi connectivity index (χ3v) is 1.44. The second-order valence-electron chi connectivity index (χ2n) is 2.54. The van der Waals surface area contributed by atoms with Gasteiger partial charge in [0.05, 0.1) is 5.70 Å². The Balaban J connectivity index is 4.14. The monoisotopic (exact) mass is 166 g/mol. The molecule has 0 aliphatic rings. The lowest BCUT2D eigenvalue weighted by Gasteiger charge is -2.06. The van der Waals surface area contributed by atoms with E-state index in [1.807, 2.05) is 6.21 Å². The van der Waals surface area contributed by atoms with Crippen molar-refractivity contribution in [2.45, 2.75) is 26.7 Å². The Morgan fingerprint density at radius 2 is 2.17 bits per heavy atom. The number of hydrogen-bond donors (Lipinski definition) is 1. The minimum absolute atomic E-state index is 0.943. The van der Waals surface area contributed by atoms with Gasteiger partial charge in [-0.25, -0.2) is 0 Å². The molecular formula is C10H18N2. The first-order valence-corrected chi connectivity index (χ1v) is 4.31. The van der Waals surface area contributed by atoms with E-state index in [1.165, 1.54) is 0 Å². The van der Waals surface area contributed by atoms with Crippen molar-refractivity contribution in [1.82, 2.24) is 5.32 Å². The molecule has 68 valence electrons. The predicted octanol–water partition coefficient (Wildman–Crippen LogP) is 2.49. The van der Waals surface area contributed by atoms with Gasteiger partial charge in [-0.1, -0.05) is 26.5 Å². The molecule has 0 rings (SSSR count). The number of nitrogens with one attached hydrogen (secondary N) is 1. The van der Waals surface area contributed by atoms with E-state index in [9.17, 15) is 0 Å². The van der Waals surface area contributed by atoms with Crippen LogP contribution in [-0.4, -0.2) is 13.3 Å². The normalized spacial score (nSPS) is 12.1. The Hall–Kier alpha value is -1.05. The van der Waals surface area contributed by atoms with Crippen molar-refractivity contribution in [3.8, 4) is 0 Å². The van der Waals surface area contributed by atoms with Crippen LogP contribution in [0.15, 0.2) is 29.0 Å². The number of aliphatic imine (C=N–C) groups is 1. The summed E-state index contributed by atoms with van der Waals surface area (Å²) in [5, 5.41) is 3.19. The standard InChI is InChI=1S/C10H18N2/c1-5-7-10(8-11-4)12-9(3)6-2/h7-8,12H,3,5-6H2,1-2,4H3/b10-7+,11-8-. The largest absolute Gasteiger partial charge is 0.358 e. The van der Waals surface area contributed by atoms with Crippen LogP contribution in [0.1, 0.15) is 26.7 Å². The van der Waals surface area contributed by atoms with Gasteiger partial charge in [0.25, 0.3) is 0 Å². The summed E-state index contributed by atoms with van der Waals surface area (Å²) in [6.07, 6.45) is 5.85. The number of allylic oxidation sites excluding steroid dienone is 3. The van der Waals surface area contributed by atoms with Gasteiger partial charge in [0, 0.05) is 19.0 Å². The van der Waals surface area contributed by atoms with Gasteiger partial charge in [-0.15, -0.1) is 0 Å². The second kappa shape index (κ2) is 6.65. The summed E-state index contributed by atoms with van der Waals surface area (Å²) in [4.78, 5) is 3.95. The SMILES string of the molecule is C=C(CC)NC(/C=N\C)=C/CC. The van der Waals surface area contributed by atoms with E-state index in [4.69, 9.17) is 0 Å². The van der Waals surface area contributed by atoms with Crippen LogP contribution in [0.25, 0.3) is 0 Å². The minimum Gasteiger partial charge on any atom is -0.358 e. The van der Waals surface area contributed by atoms with Crippen molar-refractivity contribution < 1.29 is 0 Å². The van der Waals surface area contributed by atoms with Crippen molar-refractivity contribution >= 4 is 6.21 Å². The fraction of sp³-hybridized carbons (Fsp3) is 0.500. The van der Waals surface area contributed by atoms with Crippen LogP contribution in [0, 0.1) is 0 Å². The average molecular weight is 166 g/mol. The van der Waals surface area contributed by atoms with Crippen molar-refractivity contribution in [2.75, 3.05) is 7.05 Å². The molecule has 1 N–H and O–H groups in total. The molecule has 0 aliphatic heterocycles. The average Bonchev–Trinajstić information content (AvgIpc) is 2.05. The highest BCUT2D eigenvalue weighted by Gasteiger charge is 1.92. The number of hydrogen-bond acceptors (Lipinski definition) is 2. The van der Waals surface area contributed by atoms with Gasteiger partial charge >= 0.3 is 0 Å². The lowest BCUT2D eigenvalue weighted by molar-refractivity contribution is 0.924. The first kappa shape index (κ1) is 11.0. The molecule has 0 unspecified atom stereocenters. The van der Waals surface area contributed by atoms with Gasteiger partial charge in [0.2, 0.25) is 0 Å².